The summed E-state index contributed by atoms with van der Waals surface area (Å²) in [5.41, 5.74) is 0. The Morgan fingerprint density at radius 2 is 2.20 bits per heavy atom. The predicted molar refractivity (Wildman–Crippen MR) is 63.0 cm³/mol. The van der Waals surface area contributed by atoms with Gasteiger partial charge in [0.1, 0.15) is 5.38 Å². The van der Waals surface area contributed by atoms with Gasteiger partial charge in [-0.25, -0.2) is 0 Å². The third-order valence-electron chi connectivity index (χ3n) is 3.13. The third-order valence-corrected chi connectivity index (χ3v) is 3.37. The number of alkyl halides is 1. The molecule has 1 aliphatic rings. The molecule has 1 saturated heterocycles. The average molecular weight is 230 g/mol. The molecule has 1 heterocycles. The number of hydrogen-bond donors (Lipinski definition) is 0. The van der Waals surface area contributed by atoms with Gasteiger partial charge in [0.05, 0.1) is 6.07 Å². The van der Waals surface area contributed by atoms with E-state index in [1.165, 1.54) is 6.42 Å². The molecule has 0 aromatic rings. The molecule has 0 saturated carbocycles. The van der Waals surface area contributed by atoms with E-state index in [0.717, 1.165) is 26.2 Å². The van der Waals surface area contributed by atoms with E-state index < -0.39 is 0 Å². The maximum Gasteiger partial charge on any atom is 0.133 e. The lowest BCUT2D eigenvalue weighted by atomic mass is 10.2. The van der Waals surface area contributed by atoms with Gasteiger partial charge >= 0.3 is 0 Å². The molecule has 0 radical (unpaired) electrons. The smallest absolute Gasteiger partial charge is 0.133 e. The van der Waals surface area contributed by atoms with Crippen LogP contribution in [0.5, 0.6) is 0 Å². The van der Waals surface area contributed by atoms with Crippen molar-refractivity contribution in [3.63, 3.8) is 0 Å². The van der Waals surface area contributed by atoms with E-state index in [0.29, 0.717) is 12.6 Å². The molecule has 2 unspecified atom stereocenters. The third kappa shape index (κ3) is 3.64. The fourth-order valence-corrected chi connectivity index (χ4v) is 2.48. The number of nitriles is 1. The van der Waals surface area contributed by atoms with Crippen LogP contribution in [0.3, 0.4) is 0 Å². The largest absolute Gasteiger partial charge is 0.300 e. The van der Waals surface area contributed by atoms with Gasteiger partial charge in [-0.1, -0.05) is 13.8 Å². The van der Waals surface area contributed by atoms with Crippen molar-refractivity contribution >= 4 is 11.6 Å². The first-order chi connectivity index (χ1) is 7.21. The highest BCUT2D eigenvalue weighted by Gasteiger charge is 2.26. The number of rotatable bonds is 5. The Balaban J connectivity index is 2.35. The summed E-state index contributed by atoms with van der Waals surface area (Å²) in [5.74, 6) is 0. The van der Waals surface area contributed by atoms with Gasteiger partial charge in [-0.15, -0.1) is 11.6 Å². The Labute approximate surface area is 97.6 Å². The van der Waals surface area contributed by atoms with Crippen molar-refractivity contribution in [2.24, 2.45) is 0 Å². The van der Waals surface area contributed by atoms with E-state index in [-0.39, 0.29) is 5.38 Å². The summed E-state index contributed by atoms with van der Waals surface area (Å²) in [6, 6.07) is 2.73. The lowest BCUT2D eigenvalue weighted by Crippen LogP contribution is -2.38. The minimum absolute atomic E-state index is 0.361. The molecular formula is C11H20ClN3. The summed E-state index contributed by atoms with van der Waals surface area (Å²) in [5, 5.41) is 8.28. The van der Waals surface area contributed by atoms with Gasteiger partial charge in [-0.2, -0.15) is 5.26 Å². The van der Waals surface area contributed by atoms with Crippen LogP contribution in [-0.2, 0) is 0 Å². The predicted octanol–water partition coefficient (Wildman–Crippen LogP) is 1.53. The summed E-state index contributed by atoms with van der Waals surface area (Å²) in [6.07, 6.45) is 1.21. The van der Waals surface area contributed by atoms with Crippen LogP contribution in [0.1, 0.15) is 20.3 Å². The van der Waals surface area contributed by atoms with Crippen LogP contribution in [-0.4, -0.2) is 53.9 Å². The Hall–Kier alpha value is -0.300. The van der Waals surface area contributed by atoms with Crippen molar-refractivity contribution < 1.29 is 0 Å². The molecule has 86 valence electrons. The number of likely N-dealkylation sites (N-methyl/N-ethyl adjacent to an activating group) is 1. The SMILES string of the molecule is CCN(CC)C1CCN(CC(Cl)C#N)C1. The second-order valence-corrected chi connectivity index (χ2v) is 4.55. The molecule has 1 rings (SSSR count). The molecule has 0 aromatic heterocycles. The van der Waals surface area contributed by atoms with Crippen LogP contribution >= 0.6 is 11.6 Å². The van der Waals surface area contributed by atoms with Crippen molar-refractivity contribution in [2.75, 3.05) is 32.7 Å². The molecule has 0 aliphatic carbocycles. The lowest BCUT2D eigenvalue weighted by molar-refractivity contribution is 0.212. The number of hydrogen-bond acceptors (Lipinski definition) is 3. The van der Waals surface area contributed by atoms with E-state index in [1.807, 2.05) is 0 Å². The van der Waals surface area contributed by atoms with Gasteiger partial charge in [0, 0.05) is 19.1 Å². The van der Waals surface area contributed by atoms with Gasteiger partial charge < -0.3 is 0 Å². The molecule has 0 spiro atoms. The van der Waals surface area contributed by atoms with E-state index in [9.17, 15) is 0 Å². The number of likely N-dealkylation sites (tertiary alicyclic amines) is 1. The highest BCUT2D eigenvalue weighted by Crippen LogP contribution is 2.16. The first-order valence-corrected chi connectivity index (χ1v) is 6.15. The van der Waals surface area contributed by atoms with Crippen LogP contribution in [0.4, 0.5) is 0 Å². The first kappa shape index (κ1) is 12.8. The van der Waals surface area contributed by atoms with Crippen molar-refractivity contribution in [3.05, 3.63) is 0 Å². The molecule has 15 heavy (non-hydrogen) atoms. The Kier molecular flexibility index (Phi) is 5.38. The molecule has 1 fully saturated rings. The molecular weight excluding hydrogens is 210 g/mol. The van der Waals surface area contributed by atoms with Crippen LogP contribution in [0.15, 0.2) is 0 Å². The number of nitrogens with zero attached hydrogens (tertiary/aromatic N) is 3. The second-order valence-electron chi connectivity index (χ2n) is 4.02. The highest BCUT2D eigenvalue weighted by molar-refractivity contribution is 6.22. The van der Waals surface area contributed by atoms with Crippen LogP contribution < -0.4 is 0 Å². The molecule has 3 nitrogen and oxygen atoms in total. The Morgan fingerprint density at radius 1 is 1.53 bits per heavy atom. The maximum absolute atomic E-state index is 8.64. The zero-order chi connectivity index (χ0) is 11.3. The fourth-order valence-electron chi connectivity index (χ4n) is 2.28. The Morgan fingerprint density at radius 3 is 2.73 bits per heavy atom. The zero-order valence-electron chi connectivity index (χ0n) is 9.62. The van der Waals surface area contributed by atoms with Gasteiger partial charge in [0.25, 0.3) is 0 Å². The topological polar surface area (TPSA) is 30.3 Å². The van der Waals surface area contributed by atoms with Crippen LogP contribution in [0, 0.1) is 11.3 Å². The quantitative estimate of drug-likeness (QED) is 0.670. The van der Waals surface area contributed by atoms with Crippen LogP contribution in [0.2, 0.25) is 0 Å². The van der Waals surface area contributed by atoms with Crippen molar-refractivity contribution in [3.8, 4) is 6.07 Å². The molecule has 1 aliphatic heterocycles. The van der Waals surface area contributed by atoms with E-state index in [2.05, 4.69) is 29.7 Å². The summed E-state index contributed by atoms with van der Waals surface area (Å²) in [4.78, 5) is 4.78. The van der Waals surface area contributed by atoms with E-state index in [4.69, 9.17) is 16.9 Å². The van der Waals surface area contributed by atoms with Crippen LogP contribution in [0.25, 0.3) is 0 Å². The summed E-state index contributed by atoms with van der Waals surface area (Å²) in [7, 11) is 0. The summed E-state index contributed by atoms with van der Waals surface area (Å²) >= 11 is 5.82. The van der Waals surface area contributed by atoms with Gasteiger partial charge in [0.15, 0.2) is 0 Å². The fraction of sp³-hybridized carbons (Fsp3) is 0.909. The van der Waals surface area contributed by atoms with E-state index in [1.54, 1.807) is 0 Å². The Bertz CT molecular complexity index is 222. The summed E-state index contributed by atoms with van der Waals surface area (Å²) in [6.45, 7) is 9.46. The van der Waals surface area contributed by atoms with E-state index >= 15 is 0 Å². The monoisotopic (exact) mass is 229 g/mol. The molecule has 0 bridgehead atoms. The highest BCUT2D eigenvalue weighted by atomic mass is 35.5. The summed E-state index contributed by atoms with van der Waals surface area (Å²) < 4.78 is 0. The normalized spacial score (nSPS) is 24.3. The molecule has 0 aromatic carbocycles. The molecule has 4 heteroatoms. The zero-order valence-corrected chi connectivity index (χ0v) is 10.4. The average Bonchev–Trinajstić information content (AvgIpc) is 2.68. The maximum atomic E-state index is 8.64. The minimum Gasteiger partial charge on any atom is -0.300 e. The lowest BCUT2D eigenvalue weighted by Gasteiger charge is -2.26. The van der Waals surface area contributed by atoms with Crippen molar-refractivity contribution in [2.45, 2.75) is 31.7 Å². The standard InChI is InChI=1S/C11H20ClN3/c1-3-15(4-2)11-5-6-14(9-11)8-10(12)7-13/h10-11H,3-6,8-9H2,1-2H3. The van der Waals surface area contributed by atoms with Gasteiger partial charge in [-0.3, -0.25) is 9.80 Å². The van der Waals surface area contributed by atoms with Crippen molar-refractivity contribution in [1.82, 2.24) is 9.80 Å². The molecule has 0 N–H and O–H groups in total. The van der Waals surface area contributed by atoms with Gasteiger partial charge in [0.2, 0.25) is 0 Å². The minimum atomic E-state index is -0.361. The second kappa shape index (κ2) is 6.32. The first-order valence-electron chi connectivity index (χ1n) is 5.71. The number of halogens is 1. The van der Waals surface area contributed by atoms with Gasteiger partial charge in [-0.05, 0) is 26.1 Å². The molecule has 2 atom stereocenters. The molecule has 0 amide bonds. The van der Waals surface area contributed by atoms with Crippen molar-refractivity contribution in [1.29, 1.82) is 5.26 Å².